The lowest BCUT2D eigenvalue weighted by Crippen LogP contribution is -2.35. The summed E-state index contributed by atoms with van der Waals surface area (Å²) in [6.07, 6.45) is 3.16. The summed E-state index contributed by atoms with van der Waals surface area (Å²) in [5, 5.41) is 3.97. The predicted octanol–water partition coefficient (Wildman–Crippen LogP) is 3.63. The summed E-state index contributed by atoms with van der Waals surface area (Å²) < 4.78 is 6.97. The summed E-state index contributed by atoms with van der Waals surface area (Å²) in [5.74, 6) is 0.884. The standard InChI is InChI=1S/C12H14Br2N4O/c1-3-12(15,4-2)11-17-10(18-19-11)9-8(14)5-7(13)6-16-9/h5-6H,3-4,15H2,1-2H3. The molecule has 0 unspecified atom stereocenters. The smallest absolute Gasteiger partial charge is 0.247 e. The minimum Gasteiger partial charge on any atom is -0.337 e. The van der Waals surface area contributed by atoms with Crippen LogP contribution in [0.4, 0.5) is 0 Å². The van der Waals surface area contributed by atoms with Crippen LogP contribution in [0.15, 0.2) is 25.7 Å². The first-order valence-electron chi connectivity index (χ1n) is 5.94. The molecule has 2 aromatic heterocycles. The fourth-order valence-electron chi connectivity index (χ4n) is 1.65. The van der Waals surface area contributed by atoms with Gasteiger partial charge in [0.25, 0.3) is 0 Å². The van der Waals surface area contributed by atoms with E-state index in [2.05, 4.69) is 47.0 Å². The van der Waals surface area contributed by atoms with Crippen molar-refractivity contribution in [2.45, 2.75) is 32.2 Å². The molecule has 0 amide bonds. The maximum atomic E-state index is 6.24. The van der Waals surface area contributed by atoms with Crippen LogP contribution in [0.5, 0.6) is 0 Å². The maximum absolute atomic E-state index is 6.24. The molecule has 0 fully saturated rings. The van der Waals surface area contributed by atoms with Crippen molar-refractivity contribution in [1.82, 2.24) is 15.1 Å². The van der Waals surface area contributed by atoms with Crippen LogP contribution in [0.25, 0.3) is 11.5 Å². The molecule has 0 aliphatic heterocycles. The normalized spacial score (nSPS) is 11.8. The van der Waals surface area contributed by atoms with Gasteiger partial charge in [-0.15, -0.1) is 0 Å². The van der Waals surface area contributed by atoms with Crippen molar-refractivity contribution in [2.24, 2.45) is 5.73 Å². The zero-order chi connectivity index (χ0) is 14.0. The van der Waals surface area contributed by atoms with Gasteiger partial charge in [0, 0.05) is 15.1 Å². The highest BCUT2D eigenvalue weighted by Crippen LogP contribution is 2.29. The summed E-state index contributed by atoms with van der Waals surface area (Å²) in [6, 6.07) is 1.88. The van der Waals surface area contributed by atoms with Crippen molar-refractivity contribution in [2.75, 3.05) is 0 Å². The van der Waals surface area contributed by atoms with Gasteiger partial charge in [-0.1, -0.05) is 19.0 Å². The van der Waals surface area contributed by atoms with Gasteiger partial charge in [0.1, 0.15) is 5.69 Å². The molecule has 19 heavy (non-hydrogen) atoms. The molecule has 5 nitrogen and oxygen atoms in total. The van der Waals surface area contributed by atoms with Gasteiger partial charge >= 0.3 is 0 Å². The molecule has 0 atom stereocenters. The number of pyridine rings is 1. The van der Waals surface area contributed by atoms with E-state index in [1.165, 1.54) is 0 Å². The highest BCUT2D eigenvalue weighted by molar-refractivity contribution is 9.11. The molecular weight excluding hydrogens is 376 g/mol. The van der Waals surface area contributed by atoms with Gasteiger partial charge in [-0.25, -0.2) is 0 Å². The fourth-order valence-corrected chi connectivity index (χ4v) is 2.82. The van der Waals surface area contributed by atoms with Gasteiger partial charge in [0.15, 0.2) is 0 Å². The highest BCUT2D eigenvalue weighted by Gasteiger charge is 2.30. The van der Waals surface area contributed by atoms with E-state index in [0.717, 1.165) is 21.8 Å². The van der Waals surface area contributed by atoms with E-state index in [1.807, 2.05) is 19.9 Å². The SMILES string of the molecule is CCC(N)(CC)c1nc(-c2ncc(Br)cc2Br)no1. The quantitative estimate of drug-likeness (QED) is 0.863. The number of hydrogen-bond donors (Lipinski definition) is 1. The fraction of sp³-hybridized carbons (Fsp3) is 0.417. The molecule has 102 valence electrons. The summed E-state index contributed by atoms with van der Waals surface area (Å²) >= 11 is 6.78. The van der Waals surface area contributed by atoms with Crippen molar-refractivity contribution < 1.29 is 4.52 Å². The van der Waals surface area contributed by atoms with E-state index in [4.69, 9.17) is 10.3 Å². The Morgan fingerprint density at radius 2 is 2.00 bits per heavy atom. The zero-order valence-corrected chi connectivity index (χ0v) is 13.8. The van der Waals surface area contributed by atoms with E-state index in [1.54, 1.807) is 6.20 Å². The highest BCUT2D eigenvalue weighted by atomic mass is 79.9. The zero-order valence-electron chi connectivity index (χ0n) is 10.7. The number of aromatic nitrogens is 3. The van der Waals surface area contributed by atoms with Crippen molar-refractivity contribution >= 4 is 31.9 Å². The molecular formula is C12H14Br2N4O. The van der Waals surface area contributed by atoms with E-state index in [9.17, 15) is 0 Å². The maximum Gasteiger partial charge on any atom is 0.247 e. The van der Waals surface area contributed by atoms with Crippen molar-refractivity contribution in [3.05, 3.63) is 27.1 Å². The van der Waals surface area contributed by atoms with Crippen LogP contribution in [-0.4, -0.2) is 15.1 Å². The molecule has 0 aliphatic rings. The average Bonchev–Trinajstić information content (AvgIpc) is 2.88. The Kier molecular flexibility index (Phi) is 4.37. The molecule has 0 radical (unpaired) electrons. The number of nitrogens with two attached hydrogens (primary N) is 1. The van der Waals surface area contributed by atoms with Crippen molar-refractivity contribution in [3.8, 4) is 11.5 Å². The van der Waals surface area contributed by atoms with Gasteiger partial charge in [-0.05, 0) is 50.8 Å². The minimum absolute atomic E-state index is 0.436. The van der Waals surface area contributed by atoms with E-state index >= 15 is 0 Å². The second kappa shape index (κ2) is 5.68. The molecule has 0 spiro atoms. The van der Waals surface area contributed by atoms with Gasteiger partial charge in [0.05, 0.1) is 5.54 Å². The molecule has 2 aromatic rings. The monoisotopic (exact) mass is 388 g/mol. The van der Waals surface area contributed by atoms with Gasteiger partial charge < -0.3 is 10.3 Å². The lowest BCUT2D eigenvalue weighted by atomic mass is 9.94. The first-order chi connectivity index (χ1) is 9.00. The minimum atomic E-state index is -0.576. The summed E-state index contributed by atoms with van der Waals surface area (Å²) in [4.78, 5) is 8.65. The Balaban J connectivity index is 2.41. The molecule has 7 heteroatoms. The van der Waals surface area contributed by atoms with E-state index in [0.29, 0.717) is 17.4 Å². The molecule has 0 saturated heterocycles. The van der Waals surface area contributed by atoms with Gasteiger partial charge in [-0.2, -0.15) is 4.98 Å². The Morgan fingerprint density at radius 1 is 1.32 bits per heavy atom. The summed E-state index contributed by atoms with van der Waals surface area (Å²) in [5.41, 5.74) is 6.29. The third-order valence-electron chi connectivity index (χ3n) is 3.13. The predicted molar refractivity (Wildman–Crippen MR) is 79.4 cm³/mol. The van der Waals surface area contributed by atoms with Crippen LogP contribution >= 0.6 is 31.9 Å². The Bertz CT molecular complexity index is 581. The third kappa shape index (κ3) is 2.88. The van der Waals surface area contributed by atoms with E-state index < -0.39 is 5.54 Å². The molecule has 2 rings (SSSR count). The van der Waals surface area contributed by atoms with Crippen LogP contribution in [0.2, 0.25) is 0 Å². The molecule has 0 bridgehead atoms. The van der Waals surface area contributed by atoms with Crippen LogP contribution in [0.3, 0.4) is 0 Å². The summed E-state index contributed by atoms with van der Waals surface area (Å²) in [7, 11) is 0. The molecule has 0 saturated carbocycles. The summed E-state index contributed by atoms with van der Waals surface area (Å²) in [6.45, 7) is 4.00. The number of rotatable bonds is 4. The number of halogens is 2. The van der Waals surface area contributed by atoms with Crippen LogP contribution in [-0.2, 0) is 5.54 Å². The third-order valence-corrected chi connectivity index (χ3v) is 4.17. The Hall–Kier alpha value is -0.790. The molecule has 2 heterocycles. The van der Waals surface area contributed by atoms with Crippen molar-refractivity contribution in [3.63, 3.8) is 0 Å². The largest absolute Gasteiger partial charge is 0.337 e. The van der Waals surface area contributed by atoms with Crippen molar-refractivity contribution in [1.29, 1.82) is 0 Å². The lowest BCUT2D eigenvalue weighted by molar-refractivity contribution is 0.268. The Labute approximate surface area is 128 Å². The average molecular weight is 390 g/mol. The second-order valence-corrected chi connectivity index (χ2v) is 6.04. The van der Waals surface area contributed by atoms with Gasteiger partial charge in [-0.3, -0.25) is 4.98 Å². The number of hydrogen-bond acceptors (Lipinski definition) is 5. The second-order valence-electron chi connectivity index (χ2n) is 4.27. The Morgan fingerprint density at radius 3 is 2.58 bits per heavy atom. The number of nitrogens with zero attached hydrogens (tertiary/aromatic N) is 3. The van der Waals surface area contributed by atoms with E-state index in [-0.39, 0.29) is 0 Å². The van der Waals surface area contributed by atoms with Crippen LogP contribution in [0, 0.1) is 0 Å². The molecule has 2 N–H and O–H groups in total. The first kappa shape index (κ1) is 14.6. The topological polar surface area (TPSA) is 77.8 Å². The molecule has 0 aromatic carbocycles. The van der Waals surface area contributed by atoms with Crippen LogP contribution < -0.4 is 5.73 Å². The lowest BCUT2D eigenvalue weighted by Gasteiger charge is -2.20. The van der Waals surface area contributed by atoms with Crippen LogP contribution in [0.1, 0.15) is 32.6 Å². The van der Waals surface area contributed by atoms with Gasteiger partial charge in [0.2, 0.25) is 11.7 Å². The molecule has 0 aliphatic carbocycles. The first-order valence-corrected chi connectivity index (χ1v) is 7.53.